The molecule has 4 nitrogen and oxygen atoms in total. The Kier molecular flexibility index (Phi) is 5.19. The van der Waals surface area contributed by atoms with Gasteiger partial charge in [-0.3, -0.25) is 4.98 Å². The first-order valence-electron chi connectivity index (χ1n) is 6.56. The van der Waals surface area contributed by atoms with Gasteiger partial charge in [0.25, 0.3) is 0 Å². The Morgan fingerprint density at radius 3 is 2.89 bits per heavy atom. The summed E-state index contributed by atoms with van der Waals surface area (Å²) in [5.41, 5.74) is 0.799. The molecule has 2 atom stereocenters. The van der Waals surface area contributed by atoms with E-state index < -0.39 is 10.0 Å². The maximum Gasteiger partial charge on any atom is 0.212 e. The molecule has 0 aromatic carbocycles. The number of alkyl halides is 1. The van der Waals surface area contributed by atoms with Crippen molar-refractivity contribution < 1.29 is 8.42 Å². The summed E-state index contributed by atoms with van der Waals surface area (Å²) in [4.78, 5) is 4.13. The number of sulfonamides is 1. The standard InChI is InChI=1S/C13H19ClN2O2S/c14-10-11-4-3-6-13(11)16-19(17,18)9-7-12-5-1-2-8-15-12/h1-2,5,8,11,13,16H,3-4,6-7,9-10H2. The van der Waals surface area contributed by atoms with Gasteiger partial charge in [-0.2, -0.15) is 0 Å². The summed E-state index contributed by atoms with van der Waals surface area (Å²) in [6.45, 7) is 0. The molecule has 1 aromatic heterocycles. The van der Waals surface area contributed by atoms with Crippen LogP contribution in [0.2, 0.25) is 0 Å². The van der Waals surface area contributed by atoms with E-state index in [0.717, 1.165) is 25.0 Å². The van der Waals surface area contributed by atoms with E-state index in [9.17, 15) is 8.42 Å². The monoisotopic (exact) mass is 302 g/mol. The van der Waals surface area contributed by atoms with Crippen LogP contribution in [-0.2, 0) is 16.4 Å². The third-order valence-corrected chi connectivity index (χ3v) is 5.34. The Labute approximate surface area is 119 Å². The number of pyridine rings is 1. The molecule has 1 aromatic rings. The average Bonchev–Trinajstić information content (AvgIpc) is 2.84. The second-order valence-corrected chi connectivity index (χ2v) is 7.14. The molecular formula is C13H19ClN2O2S. The third-order valence-electron chi connectivity index (χ3n) is 3.54. The first-order valence-corrected chi connectivity index (χ1v) is 8.75. The summed E-state index contributed by atoms with van der Waals surface area (Å²) in [5.74, 6) is 0.870. The van der Waals surface area contributed by atoms with Gasteiger partial charge in [0.1, 0.15) is 0 Å². The number of nitrogens with one attached hydrogen (secondary N) is 1. The molecule has 1 fully saturated rings. The van der Waals surface area contributed by atoms with Crippen LogP contribution in [0.4, 0.5) is 0 Å². The van der Waals surface area contributed by atoms with Crippen LogP contribution in [0.5, 0.6) is 0 Å². The summed E-state index contributed by atoms with van der Waals surface area (Å²) in [6, 6.07) is 5.53. The minimum absolute atomic E-state index is 0.00577. The molecule has 19 heavy (non-hydrogen) atoms. The number of halogens is 1. The number of hydrogen-bond acceptors (Lipinski definition) is 3. The van der Waals surface area contributed by atoms with Crippen LogP contribution in [0.1, 0.15) is 25.0 Å². The Morgan fingerprint density at radius 2 is 2.21 bits per heavy atom. The zero-order valence-corrected chi connectivity index (χ0v) is 12.3. The highest BCUT2D eigenvalue weighted by Gasteiger charge is 2.29. The second-order valence-electron chi connectivity index (χ2n) is 4.96. The van der Waals surface area contributed by atoms with E-state index in [1.54, 1.807) is 6.20 Å². The Bertz CT molecular complexity index is 493. The second kappa shape index (κ2) is 6.68. The quantitative estimate of drug-likeness (QED) is 0.817. The summed E-state index contributed by atoms with van der Waals surface area (Å²) in [5, 5.41) is 0. The highest BCUT2D eigenvalue weighted by Crippen LogP contribution is 2.27. The van der Waals surface area contributed by atoms with E-state index in [2.05, 4.69) is 9.71 Å². The lowest BCUT2D eigenvalue weighted by Gasteiger charge is -2.18. The smallest absolute Gasteiger partial charge is 0.212 e. The van der Waals surface area contributed by atoms with Crippen LogP contribution in [-0.4, -0.2) is 31.1 Å². The molecule has 0 amide bonds. The summed E-state index contributed by atoms with van der Waals surface area (Å²) in [7, 11) is -3.25. The highest BCUT2D eigenvalue weighted by atomic mass is 35.5. The lowest BCUT2D eigenvalue weighted by Crippen LogP contribution is -2.39. The SMILES string of the molecule is O=S(=O)(CCc1ccccn1)NC1CCCC1CCl. The predicted octanol–water partition coefficient (Wildman–Crippen LogP) is 1.95. The first kappa shape index (κ1) is 14.8. The molecule has 2 unspecified atom stereocenters. The highest BCUT2D eigenvalue weighted by molar-refractivity contribution is 7.89. The average molecular weight is 303 g/mol. The summed E-state index contributed by atoms with van der Waals surface area (Å²) in [6.07, 6.45) is 5.06. The fourth-order valence-corrected chi connectivity index (χ4v) is 4.19. The van der Waals surface area contributed by atoms with Gasteiger partial charge in [-0.1, -0.05) is 12.5 Å². The van der Waals surface area contributed by atoms with Gasteiger partial charge in [0.05, 0.1) is 5.75 Å². The zero-order valence-electron chi connectivity index (χ0n) is 10.8. The molecule has 0 radical (unpaired) electrons. The van der Waals surface area contributed by atoms with Gasteiger partial charge in [0.2, 0.25) is 10.0 Å². The molecule has 0 aliphatic heterocycles. The largest absolute Gasteiger partial charge is 0.261 e. The number of aryl methyl sites for hydroxylation is 1. The predicted molar refractivity (Wildman–Crippen MR) is 76.7 cm³/mol. The fourth-order valence-electron chi connectivity index (χ4n) is 2.45. The molecule has 1 N–H and O–H groups in total. The van der Waals surface area contributed by atoms with Crippen molar-refractivity contribution >= 4 is 21.6 Å². The summed E-state index contributed by atoms with van der Waals surface area (Å²) < 4.78 is 26.9. The van der Waals surface area contributed by atoms with Crippen molar-refractivity contribution in [3.8, 4) is 0 Å². The van der Waals surface area contributed by atoms with Crippen LogP contribution < -0.4 is 4.72 Å². The van der Waals surface area contributed by atoms with Gasteiger partial charge in [-0.25, -0.2) is 13.1 Å². The Balaban J connectivity index is 1.88. The molecule has 1 aliphatic carbocycles. The molecule has 1 aliphatic rings. The lowest BCUT2D eigenvalue weighted by molar-refractivity contribution is 0.480. The third kappa shape index (κ3) is 4.44. The summed E-state index contributed by atoms with van der Waals surface area (Å²) >= 11 is 5.86. The molecule has 2 rings (SSSR count). The number of aromatic nitrogens is 1. The molecule has 106 valence electrons. The van der Waals surface area contributed by atoms with E-state index in [1.165, 1.54) is 0 Å². The molecule has 0 spiro atoms. The molecule has 1 heterocycles. The van der Waals surface area contributed by atoms with Gasteiger partial charge < -0.3 is 0 Å². The van der Waals surface area contributed by atoms with Crippen molar-refractivity contribution in [2.75, 3.05) is 11.6 Å². The fraction of sp³-hybridized carbons (Fsp3) is 0.615. The van der Waals surface area contributed by atoms with Gasteiger partial charge in [-0.15, -0.1) is 11.6 Å². The number of hydrogen-bond donors (Lipinski definition) is 1. The van der Waals surface area contributed by atoms with Gasteiger partial charge >= 0.3 is 0 Å². The van der Waals surface area contributed by atoms with Crippen LogP contribution >= 0.6 is 11.6 Å². The topological polar surface area (TPSA) is 59.1 Å². The molecule has 6 heteroatoms. The molecule has 0 bridgehead atoms. The van der Waals surface area contributed by atoms with Crippen LogP contribution in [0.25, 0.3) is 0 Å². The van der Waals surface area contributed by atoms with E-state index >= 15 is 0 Å². The number of nitrogens with zero attached hydrogens (tertiary/aromatic N) is 1. The van der Waals surface area contributed by atoms with Crippen molar-refractivity contribution in [1.82, 2.24) is 9.71 Å². The van der Waals surface area contributed by atoms with Gasteiger partial charge in [0, 0.05) is 30.2 Å². The van der Waals surface area contributed by atoms with Crippen molar-refractivity contribution in [2.45, 2.75) is 31.7 Å². The van der Waals surface area contributed by atoms with Crippen LogP contribution in [0.3, 0.4) is 0 Å². The molecule has 1 saturated carbocycles. The van der Waals surface area contributed by atoms with Gasteiger partial charge in [0.15, 0.2) is 0 Å². The minimum Gasteiger partial charge on any atom is -0.261 e. The minimum atomic E-state index is -3.25. The van der Waals surface area contributed by atoms with E-state index in [0.29, 0.717) is 12.3 Å². The van der Waals surface area contributed by atoms with Crippen molar-refractivity contribution in [3.63, 3.8) is 0 Å². The first-order chi connectivity index (χ1) is 9.11. The zero-order chi connectivity index (χ0) is 13.7. The lowest BCUT2D eigenvalue weighted by atomic mass is 10.1. The Hall–Kier alpha value is -0.650. The van der Waals surface area contributed by atoms with E-state index in [-0.39, 0.29) is 17.7 Å². The van der Waals surface area contributed by atoms with Crippen LogP contribution in [0, 0.1) is 5.92 Å². The normalized spacial score (nSPS) is 23.6. The van der Waals surface area contributed by atoms with Crippen molar-refractivity contribution in [3.05, 3.63) is 30.1 Å². The van der Waals surface area contributed by atoms with Crippen molar-refractivity contribution in [2.24, 2.45) is 5.92 Å². The Morgan fingerprint density at radius 1 is 1.37 bits per heavy atom. The van der Waals surface area contributed by atoms with E-state index in [1.807, 2.05) is 18.2 Å². The van der Waals surface area contributed by atoms with E-state index in [4.69, 9.17) is 11.6 Å². The van der Waals surface area contributed by atoms with Crippen LogP contribution in [0.15, 0.2) is 24.4 Å². The molecular weight excluding hydrogens is 284 g/mol. The molecule has 0 saturated heterocycles. The maximum atomic E-state index is 12.0. The number of rotatable bonds is 6. The van der Waals surface area contributed by atoms with Gasteiger partial charge in [-0.05, 0) is 30.9 Å². The maximum absolute atomic E-state index is 12.0. The van der Waals surface area contributed by atoms with Crippen molar-refractivity contribution in [1.29, 1.82) is 0 Å².